The van der Waals surface area contributed by atoms with E-state index < -0.39 is 0 Å². The Hall–Kier alpha value is -1.22. The molecule has 0 saturated carbocycles. The average Bonchev–Trinajstić information content (AvgIpc) is 2.31. The SMILES string of the molecule is Cc1c(O)nc2ccc(Cl)cn12. The number of fused-ring (bicyclic) bond motifs is 1. The molecule has 4 heteroatoms. The molecule has 0 bridgehead atoms. The number of imidazole rings is 1. The lowest BCUT2D eigenvalue weighted by Crippen LogP contribution is -1.85. The van der Waals surface area contributed by atoms with Gasteiger partial charge in [0.15, 0.2) is 0 Å². The van der Waals surface area contributed by atoms with Gasteiger partial charge in [-0.3, -0.25) is 4.40 Å². The van der Waals surface area contributed by atoms with Gasteiger partial charge in [-0.1, -0.05) is 11.6 Å². The minimum absolute atomic E-state index is 0.0530. The smallest absolute Gasteiger partial charge is 0.233 e. The van der Waals surface area contributed by atoms with Crippen LogP contribution in [0.2, 0.25) is 5.02 Å². The highest BCUT2D eigenvalue weighted by Crippen LogP contribution is 2.19. The maximum Gasteiger partial charge on any atom is 0.233 e. The van der Waals surface area contributed by atoms with Crippen molar-refractivity contribution in [3.63, 3.8) is 0 Å². The fourth-order valence-corrected chi connectivity index (χ4v) is 1.28. The van der Waals surface area contributed by atoms with E-state index in [0.717, 1.165) is 0 Å². The van der Waals surface area contributed by atoms with Gasteiger partial charge >= 0.3 is 0 Å². The number of pyridine rings is 1. The Balaban J connectivity index is 2.88. The van der Waals surface area contributed by atoms with Crippen LogP contribution in [0, 0.1) is 6.92 Å². The van der Waals surface area contributed by atoms with E-state index in [4.69, 9.17) is 11.6 Å². The Morgan fingerprint density at radius 1 is 1.50 bits per heavy atom. The summed E-state index contributed by atoms with van der Waals surface area (Å²) in [5.74, 6) is 0.0530. The van der Waals surface area contributed by atoms with Gasteiger partial charge in [0.05, 0.1) is 10.7 Å². The highest BCUT2D eigenvalue weighted by Gasteiger charge is 2.05. The van der Waals surface area contributed by atoms with Crippen molar-refractivity contribution < 1.29 is 5.11 Å². The predicted octanol–water partition coefficient (Wildman–Crippen LogP) is 2.00. The largest absolute Gasteiger partial charge is 0.492 e. The number of rotatable bonds is 0. The quantitative estimate of drug-likeness (QED) is 0.677. The fourth-order valence-electron chi connectivity index (χ4n) is 1.12. The monoisotopic (exact) mass is 182 g/mol. The maximum absolute atomic E-state index is 9.26. The number of nitrogens with zero attached hydrogens (tertiary/aromatic N) is 2. The summed E-state index contributed by atoms with van der Waals surface area (Å²) in [5.41, 5.74) is 1.40. The van der Waals surface area contributed by atoms with Crippen LogP contribution in [0.15, 0.2) is 18.3 Å². The first-order valence-corrected chi connectivity index (χ1v) is 3.89. The molecule has 3 nitrogen and oxygen atoms in total. The molecule has 0 aromatic carbocycles. The van der Waals surface area contributed by atoms with Crippen molar-refractivity contribution in [2.24, 2.45) is 0 Å². The van der Waals surface area contributed by atoms with Crippen molar-refractivity contribution in [3.8, 4) is 5.88 Å². The van der Waals surface area contributed by atoms with Crippen LogP contribution >= 0.6 is 11.6 Å². The van der Waals surface area contributed by atoms with Gasteiger partial charge in [0.25, 0.3) is 0 Å². The van der Waals surface area contributed by atoms with Crippen LogP contribution in [0.4, 0.5) is 0 Å². The molecular formula is C8H7ClN2O. The number of aromatic hydroxyl groups is 1. The third-order valence-corrected chi connectivity index (χ3v) is 2.02. The number of hydrogen-bond acceptors (Lipinski definition) is 2. The van der Waals surface area contributed by atoms with Gasteiger partial charge < -0.3 is 5.11 Å². The molecule has 2 aromatic rings. The summed E-state index contributed by atoms with van der Waals surface area (Å²) in [6.07, 6.45) is 1.72. The number of aryl methyl sites for hydroxylation is 1. The number of aromatic nitrogens is 2. The molecule has 0 atom stereocenters. The van der Waals surface area contributed by atoms with Gasteiger partial charge in [0.2, 0.25) is 5.88 Å². The van der Waals surface area contributed by atoms with Crippen molar-refractivity contribution >= 4 is 17.2 Å². The van der Waals surface area contributed by atoms with Gasteiger partial charge in [-0.15, -0.1) is 0 Å². The zero-order valence-corrected chi connectivity index (χ0v) is 7.21. The molecule has 0 spiro atoms. The maximum atomic E-state index is 9.26. The highest BCUT2D eigenvalue weighted by molar-refractivity contribution is 6.30. The average molecular weight is 183 g/mol. The van der Waals surface area contributed by atoms with E-state index in [1.54, 1.807) is 29.7 Å². The summed E-state index contributed by atoms with van der Waals surface area (Å²) < 4.78 is 1.75. The molecule has 0 amide bonds. The van der Waals surface area contributed by atoms with Crippen LogP contribution < -0.4 is 0 Å². The van der Waals surface area contributed by atoms with Crippen LogP contribution in [0.25, 0.3) is 5.65 Å². The van der Waals surface area contributed by atoms with E-state index in [2.05, 4.69) is 4.98 Å². The molecular weight excluding hydrogens is 176 g/mol. The van der Waals surface area contributed by atoms with Gasteiger partial charge in [-0.05, 0) is 19.1 Å². The number of halogens is 1. The lowest BCUT2D eigenvalue weighted by molar-refractivity contribution is 0.452. The van der Waals surface area contributed by atoms with Gasteiger partial charge in [0, 0.05) is 6.20 Å². The Labute approximate surface area is 74.2 Å². The standard InChI is InChI=1S/C8H7ClN2O/c1-5-8(12)10-7-3-2-6(9)4-11(5)7/h2-4,12H,1H3. The summed E-state index contributed by atoms with van der Waals surface area (Å²) in [6.45, 7) is 1.78. The Morgan fingerprint density at radius 2 is 2.25 bits per heavy atom. The first kappa shape index (κ1) is 7.43. The molecule has 0 unspecified atom stereocenters. The summed E-state index contributed by atoms with van der Waals surface area (Å²) >= 11 is 5.77. The Bertz CT molecular complexity index is 436. The van der Waals surface area contributed by atoms with E-state index in [1.165, 1.54) is 0 Å². The van der Waals surface area contributed by atoms with Crippen LogP contribution in [0.3, 0.4) is 0 Å². The molecule has 2 aromatic heterocycles. The molecule has 0 radical (unpaired) electrons. The van der Waals surface area contributed by atoms with E-state index in [1.807, 2.05) is 0 Å². The van der Waals surface area contributed by atoms with Crippen LogP contribution in [-0.2, 0) is 0 Å². The first-order valence-electron chi connectivity index (χ1n) is 3.51. The van der Waals surface area contributed by atoms with Crippen LogP contribution in [0.1, 0.15) is 5.69 Å². The van der Waals surface area contributed by atoms with E-state index in [0.29, 0.717) is 16.4 Å². The fraction of sp³-hybridized carbons (Fsp3) is 0.125. The van der Waals surface area contributed by atoms with E-state index >= 15 is 0 Å². The van der Waals surface area contributed by atoms with Crippen LogP contribution in [0.5, 0.6) is 5.88 Å². The summed E-state index contributed by atoms with van der Waals surface area (Å²) in [5, 5.41) is 9.89. The van der Waals surface area contributed by atoms with Crippen molar-refractivity contribution in [2.45, 2.75) is 6.92 Å². The summed E-state index contributed by atoms with van der Waals surface area (Å²) in [4.78, 5) is 3.91. The molecule has 0 fully saturated rings. The molecule has 0 aliphatic carbocycles. The summed E-state index contributed by atoms with van der Waals surface area (Å²) in [7, 11) is 0. The molecule has 62 valence electrons. The van der Waals surface area contributed by atoms with E-state index in [-0.39, 0.29) is 5.88 Å². The van der Waals surface area contributed by atoms with Gasteiger partial charge in [-0.25, -0.2) is 0 Å². The molecule has 0 aliphatic rings. The zero-order chi connectivity index (χ0) is 8.72. The molecule has 12 heavy (non-hydrogen) atoms. The molecule has 0 saturated heterocycles. The van der Waals surface area contributed by atoms with Crippen molar-refractivity contribution in [1.82, 2.24) is 9.38 Å². The molecule has 2 heterocycles. The topological polar surface area (TPSA) is 37.5 Å². The second kappa shape index (κ2) is 2.38. The molecule has 2 rings (SSSR count). The van der Waals surface area contributed by atoms with Gasteiger partial charge in [0.1, 0.15) is 5.65 Å². The minimum atomic E-state index is 0.0530. The Morgan fingerprint density at radius 3 is 3.00 bits per heavy atom. The first-order chi connectivity index (χ1) is 5.68. The lowest BCUT2D eigenvalue weighted by atomic mass is 10.4. The second-order valence-electron chi connectivity index (χ2n) is 2.60. The molecule has 0 aliphatic heterocycles. The minimum Gasteiger partial charge on any atom is -0.492 e. The van der Waals surface area contributed by atoms with Crippen molar-refractivity contribution in [2.75, 3.05) is 0 Å². The summed E-state index contributed by atoms with van der Waals surface area (Å²) in [6, 6.07) is 3.50. The van der Waals surface area contributed by atoms with Gasteiger partial charge in [-0.2, -0.15) is 4.98 Å². The Kier molecular flexibility index (Phi) is 1.48. The van der Waals surface area contributed by atoms with Crippen LogP contribution in [-0.4, -0.2) is 14.5 Å². The lowest BCUT2D eigenvalue weighted by Gasteiger charge is -1.95. The third kappa shape index (κ3) is 0.940. The highest BCUT2D eigenvalue weighted by atomic mass is 35.5. The third-order valence-electron chi connectivity index (χ3n) is 1.80. The predicted molar refractivity (Wildman–Crippen MR) is 46.6 cm³/mol. The normalized spacial score (nSPS) is 10.8. The second-order valence-corrected chi connectivity index (χ2v) is 3.03. The zero-order valence-electron chi connectivity index (χ0n) is 6.45. The van der Waals surface area contributed by atoms with E-state index in [9.17, 15) is 5.11 Å². The number of hydrogen-bond donors (Lipinski definition) is 1. The molecule has 1 N–H and O–H groups in total. The van der Waals surface area contributed by atoms with Crippen molar-refractivity contribution in [3.05, 3.63) is 29.0 Å². The van der Waals surface area contributed by atoms with Crippen molar-refractivity contribution in [1.29, 1.82) is 0 Å².